The van der Waals surface area contributed by atoms with E-state index in [1.807, 2.05) is 6.92 Å². The third kappa shape index (κ3) is 3.98. The molecule has 0 radical (unpaired) electrons. The van der Waals surface area contributed by atoms with E-state index in [2.05, 4.69) is 5.32 Å². The Morgan fingerprint density at radius 3 is 2.92 bits per heavy atom. The molecule has 2 amide bonds. The minimum atomic E-state index is -0.399. The molecule has 0 aromatic heterocycles. The topological polar surface area (TPSA) is 61.8 Å². The summed E-state index contributed by atoms with van der Waals surface area (Å²) in [6, 6.07) is 4.18. The van der Waals surface area contributed by atoms with Gasteiger partial charge in [-0.25, -0.2) is 9.18 Å². The zero-order chi connectivity index (χ0) is 17.1. The van der Waals surface area contributed by atoms with Crippen LogP contribution in [0.3, 0.4) is 0 Å². The highest BCUT2D eigenvalue weighted by Gasteiger charge is 2.29. The summed E-state index contributed by atoms with van der Waals surface area (Å²) in [6.07, 6.45) is 4.04. The highest BCUT2D eigenvalue weighted by Crippen LogP contribution is 2.30. The number of benzene rings is 1. The third-order valence-electron chi connectivity index (χ3n) is 4.82. The molecular formula is C18H25FN2O3. The monoisotopic (exact) mass is 336 g/mol. The van der Waals surface area contributed by atoms with Crippen molar-refractivity contribution >= 4 is 6.03 Å². The summed E-state index contributed by atoms with van der Waals surface area (Å²) in [4.78, 5) is 14.0. The summed E-state index contributed by atoms with van der Waals surface area (Å²) in [5, 5.41) is 12.2. The number of hydrogen-bond acceptors (Lipinski definition) is 3. The lowest BCUT2D eigenvalue weighted by atomic mass is 10.1. The number of carbonyl (C=O) groups is 1. The van der Waals surface area contributed by atoms with Crippen LogP contribution in [0.25, 0.3) is 0 Å². The number of urea groups is 1. The quantitative estimate of drug-likeness (QED) is 0.840. The van der Waals surface area contributed by atoms with Gasteiger partial charge in [-0.3, -0.25) is 0 Å². The van der Waals surface area contributed by atoms with Gasteiger partial charge in [0.25, 0.3) is 0 Å². The molecule has 1 saturated carbocycles. The van der Waals surface area contributed by atoms with E-state index in [1.54, 1.807) is 17.0 Å². The van der Waals surface area contributed by atoms with Crippen LogP contribution in [0.5, 0.6) is 5.75 Å². The molecule has 5 nitrogen and oxygen atoms in total. The first-order chi connectivity index (χ1) is 11.6. The van der Waals surface area contributed by atoms with E-state index in [0.717, 1.165) is 25.7 Å². The molecule has 24 heavy (non-hydrogen) atoms. The molecule has 2 atom stereocenters. The molecule has 0 bridgehead atoms. The smallest absolute Gasteiger partial charge is 0.318 e. The van der Waals surface area contributed by atoms with Crippen molar-refractivity contribution in [1.82, 2.24) is 10.2 Å². The number of aliphatic hydroxyl groups is 1. The van der Waals surface area contributed by atoms with Gasteiger partial charge in [0.05, 0.1) is 25.3 Å². The summed E-state index contributed by atoms with van der Waals surface area (Å²) >= 11 is 0. The number of hydrogen-bond donors (Lipinski definition) is 2. The van der Waals surface area contributed by atoms with Crippen molar-refractivity contribution < 1.29 is 19.0 Å². The maximum Gasteiger partial charge on any atom is 0.318 e. The predicted molar refractivity (Wildman–Crippen MR) is 88.4 cm³/mol. The van der Waals surface area contributed by atoms with Crippen LogP contribution in [-0.2, 0) is 0 Å². The Morgan fingerprint density at radius 1 is 1.46 bits per heavy atom. The van der Waals surface area contributed by atoms with Gasteiger partial charge >= 0.3 is 6.03 Å². The van der Waals surface area contributed by atoms with Crippen LogP contribution in [-0.4, -0.2) is 41.8 Å². The zero-order valence-electron chi connectivity index (χ0n) is 14.0. The van der Waals surface area contributed by atoms with Crippen molar-refractivity contribution in [3.8, 4) is 5.75 Å². The Morgan fingerprint density at radius 2 is 2.25 bits per heavy atom. The van der Waals surface area contributed by atoms with E-state index in [-0.39, 0.29) is 30.5 Å². The van der Waals surface area contributed by atoms with Crippen LogP contribution in [0.15, 0.2) is 18.2 Å². The van der Waals surface area contributed by atoms with E-state index in [0.29, 0.717) is 24.6 Å². The average Bonchev–Trinajstić information content (AvgIpc) is 3.27. The van der Waals surface area contributed by atoms with Crippen molar-refractivity contribution in [3.05, 3.63) is 29.6 Å². The summed E-state index contributed by atoms with van der Waals surface area (Å²) < 4.78 is 19.6. The van der Waals surface area contributed by atoms with Gasteiger partial charge in [0.15, 0.2) is 11.6 Å². The lowest BCUT2D eigenvalue weighted by Crippen LogP contribution is -2.44. The van der Waals surface area contributed by atoms with Crippen LogP contribution in [0.2, 0.25) is 0 Å². The predicted octanol–water partition coefficient (Wildman–Crippen LogP) is 2.84. The molecule has 2 aliphatic rings. The van der Waals surface area contributed by atoms with Gasteiger partial charge in [0.2, 0.25) is 0 Å². The minimum absolute atomic E-state index is 0.0243. The van der Waals surface area contributed by atoms with Crippen molar-refractivity contribution in [2.75, 3.05) is 19.8 Å². The zero-order valence-corrected chi connectivity index (χ0v) is 14.0. The molecule has 1 aromatic rings. The molecular weight excluding hydrogens is 311 g/mol. The first-order valence-electron chi connectivity index (χ1n) is 8.68. The molecule has 1 saturated heterocycles. The number of amides is 2. The Balaban J connectivity index is 1.58. The van der Waals surface area contributed by atoms with E-state index in [9.17, 15) is 14.3 Å². The molecule has 0 spiro atoms. The number of likely N-dealkylation sites (tertiary alicyclic amines) is 1. The standard InChI is InChI=1S/C18H25FN2O3/c1-12(20-18(23)21-8-2-3-15(21)10-22)14-6-7-17(16(19)9-14)24-11-13-4-5-13/h6-7,9,12-13,15,22H,2-5,8,10-11H2,1H3,(H,20,23). The molecule has 1 aliphatic heterocycles. The number of nitrogens with zero attached hydrogens (tertiary/aromatic N) is 1. The molecule has 2 fully saturated rings. The summed E-state index contributed by atoms with van der Waals surface area (Å²) in [5.41, 5.74) is 0.694. The summed E-state index contributed by atoms with van der Waals surface area (Å²) in [7, 11) is 0. The number of rotatable bonds is 6. The molecule has 2 N–H and O–H groups in total. The van der Waals surface area contributed by atoms with Crippen molar-refractivity contribution in [1.29, 1.82) is 0 Å². The maximum atomic E-state index is 14.2. The number of carbonyl (C=O) groups excluding carboxylic acids is 1. The van der Waals surface area contributed by atoms with Crippen LogP contribution < -0.4 is 10.1 Å². The second-order valence-corrected chi connectivity index (χ2v) is 6.79. The fourth-order valence-corrected chi connectivity index (χ4v) is 3.04. The first-order valence-corrected chi connectivity index (χ1v) is 8.68. The Kier molecular flexibility index (Phi) is 5.23. The second-order valence-electron chi connectivity index (χ2n) is 6.79. The lowest BCUT2D eigenvalue weighted by Gasteiger charge is -2.25. The fraction of sp³-hybridized carbons (Fsp3) is 0.611. The number of halogens is 1. The lowest BCUT2D eigenvalue weighted by molar-refractivity contribution is 0.155. The SMILES string of the molecule is CC(NC(=O)N1CCCC1CO)c1ccc(OCC2CC2)c(F)c1. The number of nitrogens with one attached hydrogen (secondary N) is 1. The molecule has 6 heteroatoms. The van der Waals surface area contributed by atoms with Crippen LogP contribution in [0.1, 0.15) is 44.2 Å². The van der Waals surface area contributed by atoms with Gasteiger partial charge in [-0.1, -0.05) is 6.07 Å². The van der Waals surface area contributed by atoms with Gasteiger partial charge in [0.1, 0.15) is 0 Å². The van der Waals surface area contributed by atoms with Gasteiger partial charge in [-0.2, -0.15) is 0 Å². The Hall–Kier alpha value is -1.82. The van der Waals surface area contributed by atoms with Crippen LogP contribution >= 0.6 is 0 Å². The largest absolute Gasteiger partial charge is 0.490 e. The first kappa shape index (κ1) is 17.0. The molecule has 1 heterocycles. The normalized spacial score (nSPS) is 21.6. The summed E-state index contributed by atoms with van der Waals surface area (Å²) in [5.74, 6) is 0.440. The van der Waals surface area contributed by atoms with Crippen molar-refractivity contribution in [2.45, 2.75) is 44.7 Å². The fourth-order valence-electron chi connectivity index (χ4n) is 3.04. The van der Waals surface area contributed by atoms with Crippen LogP contribution in [0.4, 0.5) is 9.18 Å². The minimum Gasteiger partial charge on any atom is -0.490 e. The molecule has 1 aromatic carbocycles. The van der Waals surface area contributed by atoms with E-state index in [1.165, 1.54) is 6.07 Å². The Labute approximate surface area is 141 Å². The van der Waals surface area contributed by atoms with Gasteiger partial charge in [-0.05, 0) is 56.2 Å². The van der Waals surface area contributed by atoms with Gasteiger partial charge < -0.3 is 20.1 Å². The number of ether oxygens (including phenoxy) is 1. The van der Waals surface area contributed by atoms with Crippen LogP contribution in [0, 0.1) is 11.7 Å². The van der Waals surface area contributed by atoms with Crippen molar-refractivity contribution in [2.24, 2.45) is 5.92 Å². The third-order valence-corrected chi connectivity index (χ3v) is 4.82. The Bertz CT molecular complexity index is 592. The van der Waals surface area contributed by atoms with Gasteiger partial charge in [-0.15, -0.1) is 0 Å². The van der Waals surface area contributed by atoms with Gasteiger partial charge in [0, 0.05) is 6.54 Å². The molecule has 2 unspecified atom stereocenters. The molecule has 3 rings (SSSR count). The summed E-state index contributed by atoms with van der Waals surface area (Å²) in [6.45, 7) is 3.01. The molecule has 132 valence electrons. The highest BCUT2D eigenvalue weighted by atomic mass is 19.1. The van der Waals surface area contributed by atoms with E-state index in [4.69, 9.17) is 4.74 Å². The molecule has 1 aliphatic carbocycles. The maximum absolute atomic E-state index is 14.2. The van der Waals surface area contributed by atoms with E-state index >= 15 is 0 Å². The average molecular weight is 336 g/mol. The van der Waals surface area contributed by atoms with E-state index < -0.39 is 5.82 Å². The van der Waals surface area contributed by atoms with Crippen molar-refractivity contribution in [3.63, 3.8) is 0 Å². The second kappa shape index (κ2) is 7.38. The number of aliphatic hydroxyl groups excluding tert-OH is 1. The highest BCUT2D eigenvalue weighted by molar-refractivity contribution is 5.75.